The zero-order valence-corrected chi connectivity index (χ0v) is 22.1. The van der Waals surface area contributed by atoms with E-state index in [0.29, 0.717) is 24.4 Å². The van der Waals surface area contributed by atoms with Crippen molar-refractivity contribution in [2.24, 2.45) is 0 Å². The van der Waals surface area contributed by atoms with Gasteiger partial charge in [-0.05, 0) is 47.1 Å². The van der Waals surface area contributed by atoms with Crippen molar-refractivity contribution in [2.45, 2.75) is 75.5 Å². The van der Waals surface area contributed by atoms with Crippen molar-refractivity contribution in [2.75, 3.05) is 13.2 Å². The van der Waals surface area contributed by atoms with E-state index < -0.39 is 34.7 Å². The zero-order valence-electron chi connectivity index (χ0n) is 21.3. The number of esters is 1. The summed E-state index contributed by atoms with van der Waals surface area (Å²) >= 11 is 1.28. The first-order valence-corrected chi connectivity index (χ1v) is 12.9. The van der Waals surface area contributed by atoms with E-state index in [1.807, 2.05) is 6.92 Å². The van der Waals surface area contributed by atoms with Crippen LogP contribution in [-0.2, 0) is 9.47 Å². The molecule has 0 spiro atoms. The van der Waals surface area contributed by atoms with E-state index in [4.69, 9.17) is 9.47 Å². The Hall–Kier alpha value is -3.10. The number of ether oxygens (including phenoxy) is 2. The highest BCUT2D eigenvalue weighted by atomic mass is 32.2. The van der Waals surface area contributed by atoms with E-state index in [0.717, 1.165) is 6.07 Å². The number of aromatic nitrogens is 1. The molecule has 11 heteroatoms. The van der Waals surface area contributed by atoms with Crippen molar-refractivity contribution in [3.63, 3.8) is 0 Å². The van der Waals surface area contributed by atoms with Crippen LogP contribution in [0.3, 0.4) is 0 Å². The molecule has 0 bridgehead atoms. The first-order chi connectivity index (χ1) is 17.4. The standard InChI is InChI=1S/C26H29F2N3O5S/c1-6-35-24(33)19-22(32)17-11-18(27)20(28)16(21(17)31-13(2)37-23(19)31)9-7-8-14-10-15(12-29-14)30-25(34)36-26(3,4)5/h11,13-15,29H,6,8,10,12H2,1-5H3,(H,30,34). The lowest BCUT2D eigenvalue weighted by atomic mass is 10.0. The van der Waals surface area contributed by atoms with Crippen LogP contribution in [0.25, 0.3) is 10.9 Å². The van der Waals surface area contributed by atoms with Gasteiger partial charge in [-0.25, -0.2) is 18.4 Å². The van der Waals surface area contributed by atoms with Crippen LogP contribution in [0.1, 0.15) is 68.8 Å². The first-order valence-electron chi connectivity index (χ1n) is 12.1. The zero-order chi connectivity index (χ0) is 27.1. The van der Waals surface area contributed by atoms with Crippen molar-refractivity contribution in [1.82, 2.24) is 15.2 Å². The summed E-state index contributed by atoms with van der Waals surface area (Å²) in [5.74, 6) is 2.47. The van der Waals surface area contributed by atoms with Crippen molar-refractivity contribution in [3.8, 4) is 11.8 Å². The molecule has 0 saturated carbocycles. The van der Waals surface area contributed by atoms with Crippen LogP contribution in [0.4, 0.5) is 13.6 Å². The number of fused-ring (bicyclic) bond motifs is 3. The third-order valence-electron chi connectivity index (χ3n) is 5.97. The molecule has 0 aliphatic carbocycles. The molecule has 198 valence electrons. The number of carbonyl (C=O) groups excluding carboxylic acids is 2. The maximum atomic E-state index is 15.0. The van der Waals surface area contributed by atoms with Crippen LogP contribution in [0.2, 0.25) is 0 Å². The van der Waals surface area contributed by atoms with Crippen LogP contribution < -0.4 is 16.1 Å². The monoisotopic (exact) mass is 533 g/mol. The number of pyridine rings is 1. The van der Waals surface area contributed by atoms with Gasteiger partial charge in [0.1, 0.15) is 11.2 Å². The molecule has 1 aromatic heterocycles. The van der Waals surface area contributed by atoms with Crippen LogP contribution in [0, 0.1) is 23.5 Å². The topological polar surface area (TPSA) is 98.7 Å². The number of nitrogens with one attached hydrogen (secondary N) is 2. The Kier molecular flexibility index (Phi) is 7.53. The van der Waals surface area contributed by atoms with Gasteiger partial charge >= 0.3 is 12.1 Å². The normalized spacial score (nSPS) is 20.5. The Morgan fingerprint density at radius 1 is 1.32 bits per heavy atom. The lowest BCUT2D eigenvalue weighted by Gasteiger charge is -2.33. The summed E-state index contributed by atoms with van der Waals surface area (Å²) in [5, 5.41) is 6.08. The second kappa shape index (κ2) is 10.3. The smallest absolute Gasteiger partial charge is 0.407 e. The molecule has 3 heterocycles. The van der Waals surface area contributed by atoms with E-state index in [1.165, 1.54) is 11.8 Å². The molecule has 1 saturated heterocycles. The van der Waals surface area contributed by atoms with Gasteiger partial charge in [0, 0.05) is 25.0 Å². The molecule has 4 rings (SSSR count). The maximum Gasteiger partial charge on any atom is 0.407 e. The second-order valence-electron chi connectivity index (χ2n) is 9.95. The third kappa shape index (κ3) is 5.45. The molecule has 1 fully saturated rings. The minimum Gasteiger partial charge on any atom is -0.462 e. The Morgan fingerprint density at radius 2 is 2.05 bits per heavy atom. The molecular formula is C26H29F2N3O5S. The van der Waals surface area contributed by atoms with E-state index in [2.05, 4.69) is 22.5 Å². The summed E-state index contributed by atoms with van der Waals surface area (Å²) in [4.78, 5) is 37.6. The highest BCUT2D eigenvalue weighted by Gasteiger charge is 2.35. The molecule has 3 unspecified atom stereocenters. The van der Waals surface area contributed by atoms with Crippen molar-refractivity contribution in [1.29, 1.82) is 0 Å². The molecule has 2 aromatic rings. The average Bonchev–Trinajstić information content (AvgIpc) is 3.22. The highest BCUT2D eigenvalue weighted by molar-refractivity contribution is 8.00. The van der Waals surface area contributed by atoms with Gasteiger partial charge in [0.15, 0.2) is 11.6 Å². The summed E-state index contributed by atoms with van der Waals surface area (Å²) in [7, 11) is 0. The van der Waals surface area contributed by atoms with Gasteiger partial charge in [0.05, 0.1) is 33.5 Å². The lowest BCUT2D eigenvalue weighted by molar-refractivity contribution is 0.0501. The number of halogens is 2. The van der Waals surface area contributed by atoms with Crippen molar-refractivity contribution < 1.29 is 27.8 Å². The Balaban J connectivity index is 1.61. The van der Waals surface area contributed by atoms with Gasteiger partial charge in [-0.1, -0.05) is 23.6 Å². The van der Waals surface area contributed by atoms with Gasteiger partial charge in [0.25, 0.3) is 0 Å². The first kappa shape index (κ1) is 26.9. The molecule has 1 amide bonds. The predicted octanol–water partition coefficient (Wildman–Crippen LogP) is 4.08. The van der Waals surface area contributed by atoms with Gasteiger partial charge in [0.2, 0.25) is 5.43 Å². The number of alkyl carbamates (subject to hydrolysis) is 1. The summed E-state index contributed by atoms with van der Waals surface area (Å²) in [6, 6.07) is 0.590. The number of thioether (sulfide) groups is 1. The van der Waals surface area contributed by atoms with Gasteiger partial charge in [-0.15, -0.1) is 0 Å². The largest absolute Gasteiger partial charge is 0.462 e. The van der Waals surface area contributed by atoms with E-state index in [-0.39, 0.29) is 46.1 Å². The van der Waals surface area contributed by atoms with Crippen molar-refractivity contribution >= 4 is 34.7 Å². The minimum atomic E-state index is -1.22. The molecular weight excluding hydrogens is 504 g/mol. The van der Waals surface area contributed by atoms with Crippen LogP contribution in [0.5, 0.6) is 0 Å². The molecule has 2 N–H and O–H groups in total. The minimum absolute atomic E-state index is 0.0772. The van der Waals surface area contributed by atoms with Crippen LogP contribution >= 0.6 is 11.8 Å². The number of nitrogens with zero attached hydrogens (tertiary/aromatic N) is 1. The fourth-order valence-corrected chi connectivity index (χ4v) is 5.58. The molecule has 1 aromatic carbocycles. The Morgan fingerprint density at radius 3 is 2.70 bits per heavy atom. The predicted molar refractivity (Wildman–Crippen MR) is 136 cm³/mol. The van der Waals surface area contributed by atoms with Gasteiger partial charge < -0.3 is 24.7 Å². The molecule has 3 atom stereocenters. The summed E-state index contributed by atoms with van der Waals surface area (Å²) < 4.78 is 41.5. The fourth-order valence-electron chi connectivity index (χ4n) is 4.44. The molecule has 2 aliphatic heterocycles. The van der Waals surface area contributed by atoms with E-state index in [9.17, 15) is 23.2 Å². The maximum absolute atomic E-state index is 15.0. The van der Waals surface area contributed by atoms with Crippen molar-refractivity contribution in [3.05, 3.63) is 39.1 Å². The Labute approximate surface area is 217 Å². The summed E-state index contributed by atoms with van der Waals surface area (Å²) in [5.41, 5.74) is -1.56. The summed E-state index contributed by atoms with van der Waals surface area (Å²) in [6.45, 7) is 9.40. The van der Waals surface area contributed by atoms with E-state index >= 15 is 0 Å². The van der Waals surface area contributed by atoms with E-state index in [1.54, 1.807) is 32.3 Å². The number of benzene rings is 1. The molecule has 0 radical (unpaired) electrons. The molecule has 37 heavy (non-hydrogen) atoms. The van der Waals surface area contributed by atoms with Crippen LogP contribution in [0.15, 0.2) is 15.9 Å². The molecule has 2 aliphatic rings. The quantitative estimate of drug-likeness (QED) is 0.452. The van der Waals surface area contributed by atoms with Crippen LogP contribution in [-0.4, -0.2) is 47.5 Å². The number of hydrogen-bond donors (Lipinski definition) is 2. The average molecular weight is 534 g/mol. The highest BCUT2D eigenvalue weighted by Crippen LogP contribution is 2.47. The van der Waals surface area contributed by atoms with Gasteiger partial charge in [-0.3, -0.25) is 4.79 Å². The third-order valence-corrected chi connectivity index (χ3v) is 7.14. The molecule has 8 nitrogen and oxygen atoms in total. The summed E-state index contributed by atoms with van der Waals surface area (Å²) in [6.07, 6.45) is 0.398. The fraction of sp³-hybridized carbons (Fsp3) is 0.500. The van der Waals surface area contributed by atoms with Gasteiger partial charge in [-0.2, -0.15) is 0 Å². The second-order valence-corrected chi connectivity index (χ2v) is 11.3. The SMILES string of the molecule is CCOC(=O)c1c2n(c3c(C#CCC4CC(NC(=O)OC(C)(C)C)CN4)c(F)c(F)cc3c1=O)C(C)S2. The lowest BCUT2D eigenvalue weighted by Crippen LogP contribution is -2.40. The number of amides is 1. The Bertz CT molecular complexity index is 1390. The number of hydrogen-bond acceptors (Lipinski definition) is 7. The number of rotatable bonds is 4. The number of carbonyl (C=O) groups is 2.